The van der Waals surface area contributed by atoms with Gasteiger partial charge in [0, 0.05) is 6.54 Å². The molecule has 0 heterocycles. The molecule has 1 aromatic carbocycles. The van der Waals surface area contributed by atoms with Gasteiger partial charge in [-0.15, -0.1) is 0 Å². The molecule has 0 fully saturated rings. The van der Waals surface area contributed by atoms with Gasteiger partial charge in [-0.1, -0.05) is 39.0 Å². The molecule has 0 amide bonds. The zero-order valence-electron chi connectivity index (χ0n) is 13.4. The Kier molecular flexibility index (Phi) is 5.22. The monoisotopic (exact) mass is 274 g/mol. The molecule has 1 atom stereocenters. The number of fused-ring (bicyclic) bond motifs is 1. The molecule has 0 radical (unpaired) electrons. The maximum atomic E-state index is 6.81. The van der Waals surface area contributed by atoms with E-state index < -0.39 is 0 Å². The molecule has 0 aliphatic heterocycles. The molecule has 2 heteroatoms. The SMILES string of the molecule is CCCN(CCC)CC1(N)CCc2ccc(CC)cc21. The first-order chi connectivity index (χ1) is 9.62. The van der Waals surface area contributed by atoms with Crippen LogP contribution in [-0.2, 0) is 18.4 Å². The van der Waals surface area contributed by atoms with Gasteiger partial charge in [-0.05, 0) is 61.9 Å². The lowest BCUT2D eigenvalue weighted by Gasteiger charge is -2.33. The maximum absolute atomic E-state index is 6.81. The van der Waals surface area contributed by atoms with E-state index in [1.54, 1.807) is 0 Å². The largest absolute Gasteiger partial charge is 0.320 e. The van der Waals surface area contributed by atoms with Crippen molar-refractivity contribution in [2.75, 3.05) is 19.6 Å². The Morgan fingerprint density at radius 1 is 1.15 bits per heavy atom. The van der Waals surface area contributed by atoms with Crippen molar-refractivity contribution < 1.29 is 0 Å². The fourth-order valence-corrected chi connectivity index (χ4v) is 3.48. The molecule has 2 nitrogen and oxygen atoms in total. The van der Waals surface area contributed by atoms with Gasteiger partial charge in [0.15, 0.2) is 0 Å². The normalized spacial score (nSPS) is 21.4. The second kappa shape index (κ2) is 6.73. The highest BCUT2D eigenvalue weighted by Crippen LogP contribution is 2.36. The molecule has 2 N–H and O–H groups in total. The van der Waals surface area contributed by atoms with Gasteiger partial charge in [0.1, 0.15) is 0 Å². The zero-order valence-corrected chi connectivity index (χ0v) is 13.4. The van der Waals surface area contributed by atoms with Crippen molar-refractivity contribution in [1.29, 1.82) is 0 Å². The Hall–Kier alpha value is -0.860. The number of rotatable bonds is 7. The van der Waals surface area contributed by atoms with Crippen LogP contribution in [0.3, 0.4) is 0 Å². The van der Waals surface area contributed by atoms with Crippen LogP contribution >= 0.6 is 0 Å². The van der Waals surface area contributed by atoms with Crippen LogP contribution in [0, 0.1) is 0 Å². The molecular weight excluding hydrogens is 244 g/mol. The standard InChI is InChI=1S/C18H30N2/c1-4-11-20(12-5-2)14-18(19)10-9-16-8-7-15(6-3)13-17(16)18/h7-8,13H,4-6,9-12,14,19H2,1-3H3. The van der Waals surface area contributed by atoms with Gasteiger partial charge in [0.05, 0.1) is 5.54 Å². The Balaban J connectivity index is 2.20. The van der Waals surface area contributed by atoms with Gasteiger partial charge in [-0.25, -0.2) is 0 Å². The summed E-state index contributed by atoms with van der Waals surface area (Å²) in [5.74, 6) is 0. The van der Waals surface area contributed by atoms with Crippen LogP contribution in [-0.4, -0.2) is 24.5 Å². The summed E-state index contributed by atoms with van der Waals surface area (Å²) in [5.41, 5.74) is 11.0. The highest BCUT2D eigenvalue weighted by molar-refractivity contribution is 5.41. The minimum atomic E-state index is -0.134. The Morgan fingerprint density at radius 2 is 1.85 bits per heavy atom. The number of hydrogen-bond acceptors (Lipinski definition) is 2. The molecule has 20 heavy (non-hydrogen) atoms. The summed E-state index contributed by atoms with van der Waals surface area (Å²) in [5, 5.41) is 0. The summed E-state index contributed by atoms with van der Waals surface area (Å²) >= 11 is 0. The summed E-state index contributed by atoms with van der Waals surface area (Å²) in [4.78, 5) is 2.55. The molecule has 0 aromatic heterocycles. The molecule has 1 aliphatic carbocycles. The smallest absolute Gasteiger partial charge is 0.0544 e. The van der Waals surface area contributed by atoms with E-state index >= 15 is 0 Å². The quantitative estimate of drug-likeness (QED) is 0.825. The lowest BCUT2D eigenvalue weighted by molar-refractivity contribution is 0.207. The maximum Gasteiger partial charge on any atom is 0.0544 e. The van der Waals surface area contributed by atoms with Crippen LogP contribution < -0.4 is 5.73 Å². The van der Waals surface area contributed by atoms with Crippen LogP contribution in [0.4, 0.5) is 0 Å². The van der Waals surface area contributed by atoms with Crippen molar-refractivity contribution in [3.63, 3.8) is 0 Å². The van der Waals surface area contributed by atoms with E-state index in [1.165, 1.54) is 29.5 Å². The molecule has 1 aliphatic rings. The molecule has 1 aromatic rings. The van der Waals surface area contributed by atoms with Crippen LogP contribution in [0.15, 0.2) is 18.2 Å². The summed E-state index contributed by atoms with van der Waals surface area (Å²) in [6.45, 7) is 10.1. The summed E-state index contributed by atoms with van der Waals surface area (Å²) in [7, 11) is 0. The van der Waals surface area contributed by atoms with Crippen molar-refractivity contribution in [3.8, 4) is 0 Å². The minimum absolute atomic E-state index is 0.134. The lowest BCUT2D eigenvalue weighted by Crippen LogP contribution is -2.46. The van der Waals surface area contributed by atoms with Gasteiger partial charge >= 0.3 is 0 Å². The molecule has 0 bridgehead atoms. The topological polar surface area (TPSA) is 29.3 Å². The zero-order chi connectivity index (χ0) is 14.6. The average Bonchev–Trinajstić information content (AvgIpc) is 2.76. The van der Waals surface area contributed by atoms with E-state index in [1.807, 2.05) is 0 Å². The third kappa shape index (κ3) is 3.24. The van der Waals surface area contributed by atoms with Crippen LogP contribution in [0.1, 0.15) is 56.7 Å². The van der Waals surface area contributed by atoms with E-state index in [0.29, 0.717) is 0 Å². The van der Waals surface area contributed by atoms with E-state index in [0.717, 1.165) is 38.9 Å². The second-order valence-electron chi connectivity index (χ2n) is 6.28. The number of aryl methyl sites for hydroxylation is 2. The van der Waals surface area contributed by atoms with Crippen molar-refractivity contribution >= 4 is 0 Å². The van der Waals surface area contributed by atoms with Crippen LogP contribution in [0.2, 0.25) is 0 Å². The summed E-state index contributed by atoms with van der Waals surface area (Å²) in [6.07, 6.45) is 5.74. The van der Waals surface area contributed by atoms with Gasteiger partial charge in [-0.3, -0.25) is 0 Å². The van der Waals surface area contributed by atoms with Crippen molar-refractivity contribution in [1.82, 2.24) is 4.90 Å². The number of hydrogen-bond donors (Lipinski definition) is 1. The van der Waals surface area contributed by atoms with Gasteiger partial charge in [0.25, 0.3) is 0 Å². The molecule has 0 saturated heterocycles. The van der Waals surface area contributed by atoms with Gasteiger partial charge < -0.3 is 10.6 Å². The molecule has 0 saturated carbocycles. The first-order valence-corrected chi connectivity index (χ1v) is 8.26. The fourth-order valence-electron chi connectivity index (χ4n) is 3.48. The molecule has 112 valence electrons. The number of nitrogens with two attached hydrogens (primary N) is 1. The highest BCUT2D eigenvalue weighted by Gasteiger charge is 2.36. The summed E-state index contributed by atoms with van der Waals surface area (Å²) in [6, 6.07) is 6.92. The predicted molar refractivity (Wildman–Crippen MR) is 87.0 cm³/mol. The molecular formula is C18H30N2. The third-order valence-corrected chi connectivity index (χ3v) is 4.54. The Morgan fingerprint density at radius 3 is 2.45 bits per heavy atom. The first kappa shape index (κ1) is 15.5. The van der Waals surface area contributed by atoms with Crippen LogP contribution in [0.25, 0.3) is 0 Å². The summed E-state index contributed by atoms with van der Waals surface area (Å²) < 4.78 is 0. The van der Waals surface area contributed by atoms with Crippen molar-refractivity contribution in [2.45, 2.75) is 58.4 Å². The lowest BCUT2D eigenvalue weighted by atomic mass is 9.90. The first-order valence-electron chi connectivity index (χ1n) is 8.26. The predicted octanol–water partition coefficient (Wildman–Crippen LogP) is 3.47. The number of nitrogens with zero attached hydrogens (tertiary/aromatic N) is 1. The highest BCUT2D eigenvalue weighted by atomic mass is 15.1. The Bertz CT molecular complexity index is 435. The average molecular weight is 274 g/mol. The number of benzene rings is 1. The molecule has 0 spiro atoms. The van der Waals surface area contributed by atoms with E-state index in [4.69, 9.17) is 5.73 Å². The third-order valence-electron chi connectivity index (χ3n) is 4.54. The van der Waals surface area contributed by atoms with Crippen molar-refractivity contribution in [3.05, 3.63) is 34.9 Å². The molecule has 2 rings (SSSR count). The fraction of sp³-hybridized carbons (Fsp3) is 0.667. The minimum Gasteiger partial charge on any atom is -0.320 e. The Labute approximate surface area is 124 Å². The van der Waals surface area contributed by atoms with E-state index in [-0.39, 0.29) is 5.54 Å². The second-order valence-corrected chi connectivity index (χ2v) is 6.28. The van der Waals surface area contributed by atoms with Gasteiger partial charge in [0.2, 0.25) is 0 Å². The van der Waals surface area contributed by atoms with E-state index in [9.17, 15) is 0 Å². The van der Waals surface area contributed by atoms with E-state index in [2.05, 4.69) is 43.9 Å². The molecule has 1 unspecified atom stereocenters. The van der Waals surface area contributed by atoms with Crippen LogP contribution in [0.5, 0.6) is 0 Å². The van der Waals surface area contributed by atoms with Crippen molar-refractivity contribution in [2.24, 2.45) is 5.73 Å². The van der Waals surface area contributed by atoms with Gasteiger partial charge in [-0.2, -0.15) is 0 Å².